The van der Waals surface area contributed by atoms with Gasteiger partial charge in [-0.25, -0.2) is 0 Å². The molecule has 0 saturated heterocycles. The van der Waals surface area contributed by atoms with Gasteiger partial charge in [0.25, 0.3) is 0 Å². The summed E-state index contributed by atoms with van der Waals surface area (Å²) in [6.07, 6.45) is 29.3. The van der Waals surface area contributed by atoms with Gasteiger partial charge in [0.15, 0.2) is 0 Å². The third-order valence-electron chi connectivity index (χ3n) is 17.3. The summed E-state index contributed by atoms with van der Waals surface area (Å²) in [4.78, 5) is 13.2. The van der Waals surface area contributed by atoms with Crippen molar-refractivity contribution in [2.24, 2.45) is 56.7 Å². The minimum absolute atomic E-state index is 0.00425. The Morgan fingerprint density at radius 3 is 1.96 bits per heavy atom. The highest BCUT2D eigenvalue weighted by Crippen LogP contribution is 2.76. The predicted octanol–water partition coefficient (Wildman–Crippen LogP) is 13.0. The molecule has 5 aliphatic carbocycles. The minimum Gasteiger partial charge on any atom is -0.462 e. The summed E-state index contributed by atoms with van der Waals surface area (Å²) < 4.78 is 6.40. The summed E-state index contributed by atoms with van der Waals surface area (Å²) in [6.45, 7) is 22.3. The summed E-state index contributed by atoms with van der Waals surface area (Å²) in [5, 5.41) is 12.0. The van der Waals surface area contributed by atoms with Crippen LogP contribution >= 0.6 is 0 Å². The average Bonchev–Trinajstić information content (AvgIpc) is 3.04. The second kappa shape index (κ2) is 15.6. The van der Waals surface area contributed by atoms with Gasteiger partial charge in [-0.1, -0.05) is 144 Å². The Balaban J connectivity index is 1.13. The molecular formula is C46H80O3. The number of unbranched alkanes of at least 4 members (excludes halogenated alkanes) is 12. The number of fused-ring (bicyclic) bond motifs is 7. The molecule has 0 amide bonds. The van der Waals surface area contributed by atoms with E-state index in [1.54, 1.807) is 5.57 Å². The maximum absolute atomic E-state index is 13.2. The molecule has 0 radical (unpaired) electrons. The van der Waals surface area contributed by atoms with Gasteiger partial charge in [-0.05, 0) is 111 Å². The van der Waals surface area contributed by atoms with E-state index in [9.17, 15) is 9.90 Å². The van der Waals surface area contributed by atoms with Gasteiger partial charge in [0.1, 0.15) is 6.10 Å². The number of aliphatic hydroxyl groups excluding tert-OH is 1. The van der Waals surface area contributed by atoms with E-state index >= 15 is 0 Å². The van der Waals surface area contributed by atoms with Gasteiger partial charge in [-0.15, -0.1) is 0 Å². The molecule has 0 unspecified atom stereocenters. The Kier molecular flexibility index (Phi) is 12.6. The number of hydrogen-bond acceptors (Lipinski definition) is 3. The Morgan fingerprint density at radius 1 is 0.755 bits per heavy atom. The van der Waals surface area contributed by atoms with Crippen molar-refractivity contribution < 1.29 is 14.6 Å². The van der Waals surface area contributed by atoms with Crippen LogP contribution in [0.4, 0.5) is 0 Å². The van der Waals surface area contributed by atoms with E-state index in [1.807, 2.05) is 0 Å². The molecule has 11 atom stereocenters. The Bertz CT molecular complexity index is 1140. The first-order chi connectivity index (χ1) is 23.2. The van der Waals surface area contributed by atoms with Crippen LogP contribution in [0, 0.1) is 56.7 Å². The van der Waals surface area contributed by atoms with Gasteiger partial charge in [0.05, 0.1) is 6.10 Å². The molecule has 0 heterocycles. The molecule has 0 spiro atoms. The highest BCUT2D eigenvalue weighted by atomic mass is 16.5. The molecule has 0 aliphatic heterocycles. The third kappa shape index (κ3) is 7.26. The number of ether oxygens (including phenoxy) is 1. The van der Waals surface area contributed by atoms with Gasteiger partial charge in [-0.2, -0.15) is 0 Å². The lowest BCUT2D eigenvalue weighted by atomic mass is 9.31. The Hall–Kier alpha value is -0.830. The predicted molar refractivity (Wildman–Crippen MR) is 206 cm³/mol. The number of esters is 1. The fourth-order valence-electron chi connectivity index (χ4n) is 14.0. The first-order valence-electron chi connectivity index (χ1n) is 21.7. The average molecular weight is 681 g/mol. The molecule has 0 aromatic heterocycles. The van der Waals surface area contributed by atoms with Gasteiger partial charge >= 0.3 is 5.97 Å². The van der Waals surface area contributed by atoms with Crippen molar-refractivity contribution in [2.75, 3.05) is 0 Å². The van der Waals surface area contributed by atoms with Crippen LogP contribution in [0.3, 0.4) is 0 Å². The van der Waals surface area contributed by atoms with Crippen molar-refractivity contribution in [3.63, 3.8) is 0 Å². The molecule has 0 bridgehead atoms. The summed E-state index contributed by atoms with van der Waals surface area (Å²) in [5.74, 6) is 3.07. The second-order valence-corrected chi connectivity index (χ2v) is 20.2. The fraction of sp³-hybridized carbons (Fsp3) is 0.935. The number of aliphatic hydroxyl groups is 1. The maximum atomic E-state index is 13.2. The Morgan fingerprint density at radius 2 is 1.35 bits per heavy atom. The van der Waals surface area contributed by atoms with Gasteiger partial charge in [0.2, 0.25) is 0 Å². The summed E-state index contributed by atoms with van der Waals surface area (Å²) in [5.41, 5.74) is 2.17. The number of carbonyl (C=O) groups is 1. The standard InChI is InChI=1S/C46H80O3/c1-10-11-12-13-14-15-16-17-18-19-20-21-22-23-40(48)49-39-28-30-43(6)36(42(39,4)5)27-31-45(8)37(43)25-24-35-41-34(3)33(2)26-29-44(41,7)38(47)32-46(35,45)9/h26,34-39,41,47H,10-25,27-32H2,1-9H3/t34-,35-,36+,37-,38+,39+,41-,43+,44-,45-,46-/m1/s1. The van der Waals surface area contributed by atoms with E-state index in [4.69, 9.17) is 4.74 Å². The lowest BCUT2D eigenvalue weighted by Crippen LogP contribution is -2.69. The van der Waals surface area contributed by atoms with Crippen molar-refractivity contribution in [3.05, 3.63) is 11.6 Å². The number of carbonyl (C=O) groups excluding carboxylic acids is 1. The van der Waals surface area contributed by atoms with Crippen molar-refractivity contribution in [2.45, 2.75) is 216 Å². The van der Waals surface area contributed by atoms with E-state index in [1.165, 1.54) is 103 Å². The molecule has 5 rings (SSSR count). The molecule has 49 heavy (non-hydrogen) atoms. The van der Waals surface area contributed by atoms with Crippen LogP contribution in [0.1, 0.15) is 204 Å². The van der Waals surface area contributed by atoms with E-state index in [0.717, 1.165) is 32.1 Å². The maximum Gasteiger partial charge on any atom is 0.306 e. The first kappa shape index (κ1) is 39.4. The fourth-order valence-corrected chi connectivity index (χ4v) is 14.0. The molecule has 5 aliphatic rings. The summed E-state index contributed by atoms with van der Waals surface area (Å²) >= 11 is 0. The van der Waals surface area contributed by atoms with E-state index in [2.05, 4.69) is 68.4 Å². The smallest absolute Gasteiger partial charge is 0.306 e. The number of hydrogen-bond donors (Lipinski definition) is 1. The molecule has 0 aromatic rings. The van der Waals surface area contributed by atoms with Gasteiger partial charge < -0.3 is 9.84 Å². The normalized spacial score (nSPS) is 42.7. The van der Waals surface area contributed by atoms with Gasteiger partial charge in [0, 0.05) is 17.3 Å². The molecule has 282 valence electrons. The monoisotopic (exact) mass is 681 g/mol. The number of allylic oxidation sites excluding steroid dienone is 2. The number of rotatable bonds is 15. The van der Waals surface area contributed by atoms with Crippen LogP contribution in [-0.4, -0.2) is 23.3 Å². The zero-order valence-electron chi connectivity index (χ0n) is 33.9. The lowest BCUT2D eigenvalue weighted by molar-refractivity contribution is -0.268. The van der Waals surface area contributed by atoms with Crippen LogP contribution in [0.15, 0.2) is 11.6 Å². The van der Waals surface area contributed by atoms with E-state index in [-0.39, 0.29) is 45.3 Å². The quantitative estimate of drug-likeness (QED) is 0.106. The van der Waals surface area contributed by atoms with Crippen molar-refractivity contribution in [1.29, 1.82) is 0 Å². The molecule has 4 saturated carbocycles. The first-order valence-corrected chi connectivity index (χ1v) is 21.7. The van der Waals surface area contributed by atoms with Crippen LogP contribution in [0.5, 0.6) is 0 Å². The minimum atomic E-state index is -0.229. The second-order valence-electron chi connectivity index (χ2n) is 20.2. The molecule has 4 fully saturated rings. The summed E-state index contributed by atoms with van der Waals surface area (Å²) in [7, 11) is 0. The van der Waals surface area contributed by atoms with Crippen molar-refractivity contribution in [3.8, 4) is 0 Å². The zero-order valence-corrected chi connectivity index (χ0v) is 33.9. The van der Waals surface area contributed by atoms with Crippen molar-refractivity contribution >= 4 is 5.97 Å². The SMILES string of the molecule is CCCCCCCCCCCCCCCC(=O)O[C@H]1CC[C@]2(C)[C@H]3CC[C@@H]4[C@H]5[C@H](C)C(C)=CC[C@]5(C)[C@@H](O)C[C@@]4(C)[C@]3(C)CC[C@H]2C1(C)C. The van der Waals surface area contributed by atoms with Crippen LogP contribution in [-0.2, 0) is 9.53 Å². The highest BCUT2D eigenvalue weighted by Gasteiger charge is 2.71. The zero-order chi connectivity index (χ0) is 35.7. The molecule has 0 aromatic carbocycles. The van der Waals surface area contributed by atoms with E-state index in [0.29, 0.717) is 36.0 Å². The van der Waals surface area contributed by atoms with Crippen LogP contribution < -0.4 is 0 Å². The topological polar surface area (TPSA) is 46.5 Å². The van der Waals surface area contributed by atoms with E-state index < -0.39 is 0 Å². The third-order valence-corrected chi connectivity index (χ3v) is 17.3. The summed E-state index contributed by atoms with van der Waals surface area (Å²) in [6, 6.07) is 0. The highest BCUT2D eigenvalue weighted by molar-refractivity contribution is 5.69. The largest absolute Gasteiger partial charge is 0.462 e. The molecule has 1 N–H and O–H groups in total. The molecule has 3 heteroatoms. The van der Waals surface area contributed by atoms with Crippen LogP contribution in [0.25, 0.3) is 0 Å². The molecular weight excluding hydrogens is 601 g/mol. The van der Waals surface area contributed by atoms with Gasteiger partial charge in [-0.3, -0.25) is 4.79 Å². The van der Waals surface area contributed by atoms with Crippen LogP contribution in [0.2, 0.25) is 0 Å². The Labute approximate surface area is 304 Å². The lowest BCUT2D eigenvalue weighted by Gasteiger charge is -2.74. The molecule has 3 nitrogen and oxygen atoms in total. The van der Waals surface area contributed by atoms with Crippen molar-refractivity contribution in [1.82, 2.24) is 0 Å².